The second-order valence-corrected chi connectivity index (χ2v) is 8.43. The Labute approximate surface area is 204 Å². The zero-order valence-corrected chi connectivity index (χ0v) is 20.1. The molecule has 180 valence electrons. The zero-order chi connectivity index (χ0) is 24.9. The molecule has 0 spiro atoms. The van der Waals surface area contributed by atoms with Crippen molar-refractivity contribution < 1.29 is 23.9 Å². The van der Waals surface area contributed by atoms with Gasteiger partial charge >= 0.3 is 0 Å². The fourth-order valence-corrected chi connectivity index (χ4v) is 4.25. The number of benzene rings is 3. The topological polar surface area (TPSA) is 76.2 Å². The van der Waals surface area contributed by atoms with E-state index in [1.54, 1.807) is 50.6 Å². The Bertz CT molecular complexity index is 1220. The van der Waals surface area contributed by atoms with Gasteiger partial charge in [-0.1, -0.05) is 42.0 Å². The molecule has 1 aliphatic heterocycles. The molecule has 1 saturated heterocycles. The van der Waals surface area contributed by atoms with Crippen LogP contribution < -0.4 is 14.4 Å². The van der Waals surface area contributed by atoms with Crippen molar-refractivity contribution in [3.8, 4) is 11.5 Å². The highest BCUT2D eigenvalue weighted by molar-refractivity contribution is 6.23. The van der Waals surface area contributed by atoms with Gasteiger partial charge < -0.3 is 14.4 Å². The molecule has 3 aromatic rings. The van der Waals surface area contributed by atoms with Gasteiger partial charge in [-0.25, -0.2) is 4.90 Å². The zero-order valence-electron chi connectivity index (χ0n) is 20.1. The van der Waals surface area contributed by atoms with Crippen LogP contribution in [0.2, 0.25) is 0 Å². The molecule has 35 heavy (non-hydrogen) atoms. The molecule has 7 nitrogen and oxygen atoms in total. The van der Waals surface area contributed by atoms with Crippen LogP contribution in [0.15, 0.2) is 72.8 Å². The maximum absolute atomic E-state index is 13.6. The van der Waals surface area contributed by atoms with Crippen molar-refractivity contribution in [1.82, 2.24) is 4.90 Å². The molecule has 3 amide bonds. The smallest absolute Gasteiger partial charge is 0.257 e. The fourth-order valence-electron chi connectivity index (χ4n) is 4.25. The molecule has 0 N–H and O–H groups in total. The minimum atomic E-state index is -0.878. The summed E-state index contributed by atoms with van der Waals surface area (Å²) in [4.78, 5) is 42.6. The Hall–Kier alpha value is -4.13. The van der Waals surface area contributed by atoms with Gasteiger partial charge in [0.1, 0.15) is 6.04 Å². The van der Waals surface area contributed by atoms with Gasteiger partial charge in [-0.05, 0) is 55.3 Å². The maximum atomic E-state index is 13.6. The lowest BCUT2D eigenvalue weighted by Crippen LogP contribution is -2.46. The van der Waals surface area contributed by atoms with E-state index in [1.807, 2.05) is 43.3 Å². The second kappa shape index (κ2) is 10.4. The number of rotatable bonds is 8. The first-order chi connectivity index (χ1) is 16.9. The molecule has 4 rings (SSSR count). The normalized spacial score (nSPS) is 15.3. The van der Waals surface area contributed by atoms with E-state index in [9.17, 15) is 14.4 Å². The van der Waals surface area contributed by atoms with Crippen molar-refractivity contribution in [3.05, 3.63) is 89.5 Å². The highest BCUT2D eigenvalue weighted by Crippen LogP contribution is 2.29. The number of hydrogen-bond acceptors (Lipinski definition) is 5. The van der Waals surface area contributed by atoms with E-state index < -0.39 is 11.9 Å². The number of methoxy groups -OCH3 is 2. The highest BCUT2D eigenvalue weighted by atomic mass is 16.5. The summed E-state index contributed by atoms with van der Waals surface area (Å²) in [7, 11) is 3.14. The van der Waals surface area contributed by atoms with Crippen molar-refractivity contribution in [2.24, 2.45) is 0 Å². The Morgan fingerprint density at radius 3 is 2.29 bits per heavy atom. The summed E-state index contributed by atoms with van der Waals surface area (Å²) < 4.78 is 10.7. The van der Waals surface area contributed by atoms with Gasteiger partial charge in [0, 0.05) is 12.1 Å². The van der Waals surface area contributed by atoms with Crippen molar-refractivity contribution in [1.29, 1.82) is 0 Å². The third-order valence-electron chi connectivity index (χ3n) is 6.16. The molecule has 1 atom stereocenters. The molecule has 3 aromatic carbocycles. The van der Waals surface area contributed by atoms with Crippen LogP contribution in [0.25, 0.3) is 0 Å². The lowest BCUT2D eigenvalue weighted by Gasteiger charge is -2.28. The van der Waals surface area contributed by atoms with Gasteiger partial charge in [0.05, 0.1) is 26.3 Å². The minimum absolute atomic E-state index is 0.0583. The molecule has 1 aliphatic rings. The largest absolute Gasteiger partial charge is 0.493 e. The highest BCUT2D eigenvalue weighted by Gasteiger charge is 2.44. The minimum Gasteiger partial charge on any atom is -0.493 e. The Morgan fingerprint density at radius 2 is 1.63 bits per heavy atom. The molecule has 0 aromatic heterocycles. The summed E-state index contributed by atoms with van der Waals surface area (Å²) >= 11 is 0. The number of anilines is 1. The third-order valence-corrected chi connectivity index (χ3v) is 6.16. The first-order valence-electron chi connectivity index (χ1n) is 11.4. The van der Waals surface area contributed by atoms with E-state index in [-0.39, 0.29) is 24.8 Å². The lowest BCUT2D eigenvalue weighted by atomic mass is 10.1. The number of ether oxygens (including phenoxy) is 2. The van der Waals surface area contributed by atoms with Crippen molar-refractivity contribution in [3.63, 3.8) is 0 Å². The van der Waals surface area contributed by atoms with Crippen LogP contribution in [0.1, 0.15) is 27.9 Å². The standard InChI is InChI=1S/C28H28N2O5/c1-19-9-12-21(13-10-19)27(32)29(16-15-20-11-14-24(34-2)25(17-20)35-3)23-18-26(31)30(28(23)33)22-7-5-4-6-8-22/h4-14,17,23H,15-16,18H2,1-3H3. The average Bonchev–Trinajstić information content (AvgIpc) is 3.18. The Balaban J connectivity index is 1.63. The van der Waals surface area contributed by atoms with E-state index in [4.69, 9.17) is 9.47 Å². The van der Waals surface area contributed by atoms with E-state index in [0.717, 1.165) is 11.1 Å². The summed E-state index contributed by atoms with van der Waals surface area (Å²) in [6.07, 6.45) is 0.415. The van der Waals surface area contributed by atoms with Crippen LogP contribution in [0.3, 0.4) is 0 Å². The Morgan fingerprint density at radius 1 is 0.943 bits per heavy atom. The summed E-state index contributed by atoms with van der Waals surface area (Å²) in [6.45, 7) is 2.20. The predicted molar refractivity (Wildman–Crippen MR) is 133 cm³/mol. The SMILES string of the molecule is COc1ccc(CCN(C(=O)c2ccc(C)cc2)C2CC(=O)N(c3ccccc3)C2=O)cc1OC. The molecule has 0 aliphatic carbocycles. The first kappa shape index (κ1) is 24.0. The van der Waals surface area contributed by atoms with Crippen LogP contribution >= 0.6 is 0 Å². The second-order valence-electron chi connectivity index (χ2n) is 8.43. The number of para-hydroxylation sites is 1. The van der Waals surface area contributed by atoms with Crippen LogP contribution in [0.4, 0.5) is 5.69 Å². The molecular formula is C28H28N2O5. The number of carbonyl (C=O) groups is 3. The Kier molecular flexibility index (Phi) is 7.15. The summed E-state index contributed by atoms with van der Waals surface area (Å²) in [5.41, 5.74) is 2.93. The molecule has 1 unspecified atom stereocenters. The lowest BCUT2D eigenvalue weighted by molar-refractivity contribution is -0.122. The van der Waals surface area contributed by atoms with Crippen LogP contribution in [0.5, 0.6) is 11.5 Å². The van der Waals surface area contributed by atoms with Gasteiger partial charge in [0.25, 0.3) is 11.8 Å². The van der Waals surface area contributed by atoms with Gasteiger partial charge in [-0.3, -0.25) is 14.4 Å². The molecule has 0 radical (unpaired) electrons. The van der Waals surface area contributed by atoms with Crippen molar-refractivity contribution in [2.45, 2.75) is 25.8 Å². The molecule has 0 saturated carbocycles. The van der Waals surface area contributed by atoms with Gasteiger partial charge in [-0.15, -0.1) is 0 Å². The average molecular weight is 473 g/mol. The van der Waals surface area contributed by atoms with E-state index in [0.29, 0.717) is 29.2 Å². The number of nitrogens with zero attached hydrogens (tertiary/aromatic N) is 2. The first-order valence-corrected chi connectivity index (χ1v) is 11.4. The summed E-state index contributed by atoms with van der Waals surface area (Å²) in [5.74, 6) is 0.197. The number of hydrogen-bond donors (Lipinski definition) is 0. The number of imide groups is 1. The molecule has 7 heteroatoms. The number of carbonyl (C=O) groups excluding carboxylic acids is 3. The predicted octanol–water partition coefficient (Wildman–Crippen LogP) is 4.03. The van der Waals surface area contributed by atoms with Crippen LogP contribution in [-0.4, -0.2) is 49.4 Å². The number of aryl methyl sites for hydroxylation is 1. The maximum Gasteiger partial charge on any atom is 0.257 e. The summed E-state index contributed by atoms with van der Waals surface area (Å²) in [5, 5.41) is 0. The van der Waals surface area contributed by atoms with E-state index in [2.05, 4.69) is 0 Å². The van der Waals surface area contributed by atoms with Crippen LogP contribution in [0, 0.1) is 6.92 Å². The molecule has 1 fully saturated rings. The fraction of sp³-hybridized carbons (Fsp3) is 0.250. The monoisotopic (exact) mass is 472 g/mol. The molecule has 0 bridgehead atoms. The van der Waals surface area contributed by atoms with Gasteiger partial charge in [-0.2, -0.15) is 0 Å². The van der Waals surface area contributed by atoms with Gasteiger partial charge in [0.2, 0.25) is 5.91 Å². The van der Waals surface area contributed by atoms with Crippen LogP contribution in [-0.2, 0) is 16.0 Å². The van der Waals surface area contributed by atoms with E-state index in [1.165, 1.54) is 9.80 Å². The van der Waals surface area contributed by atoms with Crippen molar-refractivity contribution in [2.75, 3.05) is 25.7 Å². The molecular weight excluding hydrogens is 444 g/mol. The third kappa shape index (κ3) is 5.04. The molecule has 1 heterocycles. The quantitative estimate of drug-likeness (QED) is 0.463. The van der Waals surface area contributed by atoms with Crippen molar-refractivity contribution >= 4 is 23.4 Å². The van der Waals surface area contributed by atoms with E-state index >= 15 is 0 Å². The van der Waals surface area contributed by atoms with Gasteiger partial charge in [0.15, 0.2) is 11.5 Å². The number of amides is 3. The summed E-state index contributed by atoms with van der Waals surface area (Å²) in [6, 6.07) is 20.7.